The third kappa shape index (κ3) is 3.17. The number of rotatable bonds is 5. The number of hydrogen-bond donors (Lipinski definition) is 1. The highest BCUT2D eigenvalue weighted by molar-refractivity contribution is 5.52. The highest BCUT2D eigenvalue weighted by Crippen LogP contribution is 2.21. The Morgan fingerprint density at radius 2 is 2.23 bits per heavy atom. The molecule has 22 heavy (non-hydrogen) atoms. The first kappa shape index (κ1) is 14.7. The van der Waals surface area contributed by atoms with E-state index in [9.17, 15) is 4.79 Å². The van der Waals surface area contributed by atoms with Crippen molar-refractivity contribution in [2.45, 2.75) is 19.3 Å². The summed E-state index contributed by atoms with van der Waals surface area (Å²) >= 11 is 0. The van der Waals surface area contributed by atoms with Gasteiger partial charge < -0.3 is 14.6 Å². The zero-order valence-electron chi connectivity index (χ0n) is 12.9. The van der Waals surface area contributed by atoms with Crippen LogP contribution in [0.15, 0.2) is 23.1 Å². The lowest BCUT2D eigenvalue weighted by Crippen LogP contribution is -2.19. The molecule has 0 bridgehead atoms. The van der Waals surface area contributed by atoms with Crippen molar-refractivity contribution in [1.29, 1.82) is 0 Å². The van der Waals surface area contributed by atoms with Crippen LogP contribution in [0.2, 0.25) is 0 Å². The van der Waals surface area contributed by atoms with E-state index in [0.717, 1.165) is 42.8 Å². The van der Waals surface area contributed by atoms with Gasteiger partial charge in [0.25, 0.3) is 5.56 Å². The van der Waals surface area contributed by atoms with Crippen LogP contribution in [0.1, 0.15) is 17.7 Å². The summed E-state index contributed by atoms with van der Waals surface area (Å²) in [6.07, 6.45) is 4.36. The van der Waals surface area contributed by atoms with Crippen molar-refractivity contribution in [3.8, 4) is 17.3 Å². The van der Waals surface area contributed by atoms with Crippen LogP contribution in [-0.4, -0.2) is 47.1 Å². The molecule has 0 saturated heterocycles. The first-order chi connectivity index (χ1) is 10.6. The smallest absolute Gasteiger partial charge is 0.254 e. The lowest BCUT2D eigenvalue weighted by Gasteiger charge is -2.11. The number of aryl methyl sites for hydroxylation is 1. The minimum atomic E-state index is -0.0433. The SMILES string of the molecule is CN(C)CCOc1ccnc(-c2nc3c(c(=O)[nH]2)CCC3)c1. The topological polar surface area (TPSA) is 71.1 Å². The number of hydrogen-bond acceptors (Lipinski definition) is 5. The molecule has 1 aliphatic carbocycles. The number of fused-ring (bicyclic) bond motifs is 1. The molecule has 2 aromatic heterocycles. The monoisotopic (exact) mass is 300 g/mol. The van der Waals surface area contributed by atoms with Crippen molar-refractivity contribution in [3.63, 3.8) is 0 Å². The number of ether oxygens (including phenoxy) is 1. The van der Waals surface area contributed by atoms with E-state index in [0.29, 0.717) is 18.1 Å². The molecule has 0 radical (unpaired) electrons. The summed E-state index contributed by atoms with van der Waals surface area (Å²) in [7, 11) is 4.00. The van der Waals surface area contributed by atoms with Gasteiger partial charge in [-0.15, -0.1) is 0 Å². The van der Waals surface area contributed by atoms with Gasteiger partial charge in [-0.2, -0.15) is 0 Å². The molecule has 0 saturated carbocycles. The molecular formula is C16H20N4O2. The van der Waals surface area contributed by atoms with Crippen LogP contribution in [0, 0.1) is 0 Å². The minimum absolute atomic E-state index is 0.0433. The molecule has 2 aromatic rings. The molecule has 6 nitrogen and oxygen atoms in total. The molecule has 6 heteroatoms. The number of aromatic nitrogens is 3. The standard InChI is InChI=1S/C16H20N4O2/c1-20(2)8-9-22-11-6-7-17-14(10-11)15-18-13-5-3-4-12(13)16(21)19-15/h6-7,10H,3-5,8-9H2,1-2H3,(H,18,19,21). The third-order valence-electron chi connectivity index (χ3n) is 3.72. The fourth-order valence-corrected chi connectivity index (χ4v) is 2.54. The molecular weight excluding hydrogens is 280 g/mol. The van der Waals surface area contributed by atoms with Crippen LogP contribution in [0.5, 0.6) is 5.75 Å². The Morgan fingerprint density at radius 1 is 1.36 bits per heavy atom. The van der Waals surface area contributed by atoms with Crippen LogP contribution in [-0.2, 0) is 12.8 Å². The predicted octanol–water partition coefficient (Wildman–Crippen LogP) is 1.26. The molecule has 0 fully saturated rings. The molecule has 0 unspecified atom stereocenters. The molecule has 1 N–H and O–H groups in total. The second kappa shape index (κ2) is 6.27. The van der Waals surface area contributed by atoms with Crippen LogP contribution in [0.3, 0.4) is 0 Å². The molecule has 116 valence electrons. The first-order valence-electron chi connectivity index (χ1n) is 7.49. The summed E-state index contributed by atoms with van der Waals surface area (Å²) in [6.45, 7) is 1.44. The van der Waals surface area contributed by atoms with Gasteiger partial charge in [-0.1, -0.05) is 0 Å². The maximum atomic E-state index is 12.1. The quantitative estimate of drug-likeness (QED) is 0.900. The van der Waals surface area contributed by atoms with E-state index in [1.165, 1.54) is 0 Å². The van der Waals surface area contributed by atoms with Crippen LogP contribution >= 0.6 is 0 Å². The highest BCUT2D eigenvalue weighted by Gasteiger charge is 2.18. The van der Waals surface area contributed by atoms with Gasteiger partial charge in [0, 0.05) is 24.4 Å². The Morgan fingerprint density at radius 3 is 3.05 bits per heavy atom. The molecule has 1 aliphatic rings. The Labute approximate surface area is 129 Å². The normalized spacial score (nSPS) is 13.4. The van der Waals surface area contributed by atoms with Crippen LogP contribution in [0.25, 0.3) is 11.5 Å². The summed E-state index contributed by atoms with van der Waals surface area (Å²) in [6, 6.07) is 3.62. The zero-order chi connectivity index (χ0) is 15.5. The van der Waals surface area contributed by atoms with Gasteiger partial charge in [0.1, 0.15) is 18.1 Å². The number of likely N-dealkylation sites (N-methyl/N-ethyl adjacent to an activating group) is 1. The zero-order valence-corrected chi connectivity index (χ0v) is 12.9. The van der Waals surface area contributed by atoms with Crippen LogP contribution < -0.4 is 10.3 Å². The van der Waals surface area contributed by atoms with Gasteiger partial charge in [-0.25, -0.2) is 4.98 Å². The minimum Gasteiger partial charge on any atom is -0.492 e. The van der Waals surface area contributed by atoms with Crippen molar-refractivity contribution in [2.75, 3.05) is 27.2 Å². The van der Waals surface area contributed by atoms with Crippen molar-refractivity contribution in [3.05, 3.63) is 39.9 Å². The van der Waals surface area contributed by atoms with Crippen molar-refractivity contribution in [1.82, 2.24) is 19.9 Å². The number of nitrogens with zero attached hydrogens (tertiary/aromatic N) is 3. The number of pyridine rings is 1. The third-order valence-corrected chi connectivity index (χ3v) is 3.72. The molecule has 0 spiro atoms. The molecule has 0 atom stereocenters. The van der Waals surface area contributed by atoms with Gasteiger partial charge in [0.15, 0.2) is 5.82 Å². The van der Waals surface area contributed by atoms with Crippen molar-refractivity contribution in [2.24, 2.45) is 0 Å². The fraction of sp³-hybridized carbons (Fsp3) is 0.438. The maximum Gasteiger partial charge on any atom is 0.254 e. The second-order valence-electron chi connectivity index (χ2n) is 5.72. The number of H-pyrrole nitrogens is 1. The van der Waals surface area contributed by atoms with Crippen molar-refractivity contribution < 1.29 is 4.74 Å². The summed E-state index contributed by atoms with van der Waals surface area (Å²) in [5.74, 6) is 1.25. The van der Waals surface area contributed by atoms with E-state index in [1.807, 2.05) is 26.2 Å². The van der Waals surface area contributed by atoms with Gasteiger partial charge in [0.2, 0.25) is 0 Å². The molecule has 0 aromatic carbocycles. The maximum absolute atomic E-state index is 12.1. The van der Waals surface area contributed by atoms with E-state index in [4.69, 9.17) is 4.74 Å². The fourth-order valence-electron chi connectivity index (χ4n) is 2.54. The Bertz CT molecular complexity index is 724. The van der Waals surface area contributed by atoms with E-state index in [2.05, 4.69) is 19.9 Å². The van der Waals surface area contributed by atoms with Gasteiger partial charge >= 0.3 is 0 Å². The molecule has 3 rings (SSSR count). The predicted molar refractivity (Wildman–Crippen MR) is 84.2 cm³/mol. The summed E-state index contributed by atoms with van der Waals surface area (Å²) in [5, 5.41) is 0. The summed E-state index contributed by atoms with van der Waals surface area (Å²) < 4.78 is 5.70. The lowest BCUT2D eigenvalue weighted by atomic mass is 10.2. The lowest BCUT2D eigenvalue weighted by molar-refractivity contribution is 0.261. The number of nitrogens with one attached hydrogen (secondary N) is 1. The largest absolute Gasteiger partial charge is 0.492 e. The Kier molecular flexibility index (Phi) is 4.20. The van der Waals surface area contributed by atoms with E-state index in [-0.39, 0.29) is 5.56 Å². The van der Waals surface area contributed by atoms with E-state index >= 15 is 0 Å². The molecule has 0 aliphatic heterocycles. The Hall–Kier alpha value is -2.21. The van der Waals surface area contributed by atoms with Gasteiger partial charge in [-0.3, -0.25) is 9.78 Å². The van der Waals surface area contributed by atoms with Crippen LogP contribution in [0.4, 0.5) is 0 Å². The van der Waals surface area contributed by atoms with E-state index < -0.39 is 0 Å². The average Bonchev–Trinajstić information content (AvgIpc) is 2.96. The van der Waals surface area contributed by atoms with Gasteiger partial charge in [0.05, 0.1) is 5.69 Å². The van der Waals surface area contributed by atoms with Crippen molar-refractivity contribution >= 4 is 0 Å². The summed E-state index contributed by atoms with van der Waals surface area (Å²) in [4.78, 5) is 25.8. The Balaban J connectivity index is 1.83. The first-order valence-corrected chi connectivity index (χ1v) is 7.49. The van der Waals surface area contributed by atoms with Gasteiger partial charge in [-0.05, 0) is 39.4 Å². The highest BCUT2D eigenvalue weighted by atomic mass is 16.5. The van der Waals surface area contributed by atoms with E-state index in [1.54, 1.807) is 6.20 Å². The second-order valence-corrected chi connectivity index (χ2v) is 5.72. The molecule has 2 heterocycles. The summed E-state index contributed by atoms with van der Waals surface area (Å²) in [5.41, 5.74) is 2.31. The average molecular weight is 300 g/mol. The molecule has 0 amide bonds. The number of aromatic amines is 1.